The van der Waals surface area contributed by atoms with Crippen LogP contribution in [0.4, 0.5) is 0 Å². The van der Waals surface area contributed by atoms with Crippen LogP contribution in [-0.2, 0) is 9.47 Å². The highest BCUT2D eigenvalue weighted by Crippen LogP contribution is 2.30. The molecular formula is C15H31NO2. The van der Waals surface area contributed by atoms with Crippen LogP contribution in [0.1, 0.15) is 59.3 Å². The van der Waals surface area contributed by atoms with Gasteiger partial charge in [0.05, 0.1) is 24.4 Å². The van der Waals surface area contributed by atoms with E-state index in [0.29, 0.717) is 13.2 Å². The van der Waals surface area contributed by atoms with Gasteiger partial charge < -0.3 is 14.8 Å². The number of nitrogens with one attached hydrogen (secondary N) is 1. The van der Waals surface area contributed by atoms with Gasteiger partial charge in [-0.3, -0.25) is 0 Å². The molecule has 1 fully saturated rings. The van der Waals surface area contributed by atoms with E-state index in [4.69, 9.17) is 9.47 Å². The Morgan fingerprint density at radius 3 is 2.11 bits per heavy atom. The lowest BCUT2D eigenvalue weighted by molar-refractivity contribution is -0.0967. The zero-order valence-electron chi connectivity index (χ0n) is 12.7. The number of hydrogen-bond acceptors (Lipinski definition) is 3. The molecule has 1 N–H and O–H groups in total. The first kappa shape index (κ1) is 15.9. The highest BCUT2D eigenvalue weighted by Gasteiger charge is 2.31. The maximum Gasteiger partial charge on any atom is 0.0807 e. The van der Waals surface area contributed by atoms with Gasteiger partial charge in [0.2, 0.25) is 0 Å². The summed E-state index contributed by atoms with van der Waals surface area (Å²) in [6.45, 7) is 8.61. The molecule has 0 amide bonds. The molecule has 0 unspecified atom stereocenters. The van der Waals surface area contributed by atoms with Gasteiger partial charge in [-0.25, -0.2) is 0 Å². The van der Waals surface area contributed by atoms with Crippen LogP contribution in [0.5, 0.6) is 0 Å². The van der Waals surface area contributed by atoms with Gasteiger partial charge in [-0.05, 0) is 40.7 Å². The molecular weight excluding hydrogens is 226 g/mol. The summed E-state index contributed by atoms with van der Waals surface area (Å²) in [4.78, 5) is 0. The smallest absolute Gasteiger partial charge is 0.0807 e. The quantitative estimate of drug-likeness (QED) is 0.586. The molecule has 0 heterocycles. The van der Waals surface area contributed by atoms with E-state index in [0.717, 1.165) is 6.54 Å². The molecule has 1 aliphatic rings. The molecule has 0 aromatic heterocycles. The number of rotatable bonds is 6. The first-order chi connectivity index (χ1) is 8.47. The average Bonchev–Trinajstić information content (AvgIpc) is 2.50. The van der Waals surface area contributed by atoms with Gasteiger partial charge in [0, 0.05) is 6.54 Å². The minimum absolute atomic E-state index is 0.0481. The van der Waals surface area contributed by atoms with Crippen molar-refractivity contribution in [2.24, 2.45) is 0 Å². The van der Waals surface area contributed by atoms with Gasteiger partial charge in [0.15, 0.2) is 0 Å². The summed E-state index contributed by atoms with van der Waals surface area (Å²) >= 11 is 0. The predicted octanol–water partition coefficient (Wildman–Crippen LogP) is 3.13. The van der Waals surface area contributed by atoms with Crippen LogP contribution in [0, 0.1) is 0 Å². The summed E-state index contributed by atoms with van der Waals surface area (Å²) < 4.78 is 11.9. The van der Waals surface area contributed by atoms with E-state index in [1.165, 1.54) is 38.5 Å². The summed E-state index contributed by atoms with van der Waals surface area (Å²) in [6, 6.07) is 0. The van der Waals surface area contributed by atoms with Crippen molar-refractivity contribution in [3.63, 3.8) is 0 Å². The minimum Gasteiger partial charge on any atom is -0.373 e. The molecule has 1 aliphatic carbocycles. The summed E-state index contributed by atoms with van der Waals surface area (Å²) in [5.41, 5.74) is -0.0184. The fourth-order valence-corrected chi connectivity index (χ4v) is 2.67. The van der Waals surface area contributed by atoms with Gasteiger partial charge in [0.25, 0.3) is 0 Å². The molecule has 0 bridgehead atoms. The van der Waals surface area contributed by atoms with Crippen LogP contribution in [0.25, 0.3) is 0 Å². The molecule has 3 nitrogen and oxygen atoms in total. The second-order valence-electron chi connectivity index (χ2n) is 6.44. The summed E-state index contributed by atoms with van der Waals surface area (Å²) in [5.74, 6) is 0. The largest absolute Gasteiger partial charge is 0.373 e. The Labute approximate surface area is 113 Å². The third kappa shape index (κ3) is 6.17. The van der Waals surface area contributed by atoms with E-state index in [1.54, 1.807) is 0 Å². The standard InChI is InChI=1S/C15H31NO2/c1-14(2,3)17-11-12-18-15(13-16-4)9-7-5-6-8-10-15/h16H,5-13H2,1-4H3. The number of likely N-dealkylation sites (N-methyl/N-ethyl adjacent to an activating group) is 1. The van der Waals surface area contributed by atoms with E-state index in [2.05, 4.69) is 26.1 Å². The lowest BCUT2D eigenvalue weighted by Gasteiger charge is -2.33. The summed E-state index contributed by atoms with van der Waals surface area (Å²) in [5, 5.41) is 3.30. The normalized spacial score (nSPS) is 20.7. The molecule has 3 heteroatoms. The van der Waals surface area contributed by atoms with Crippen LogP contribution in [0.2, 0.25) is 0 Å². The molecule has 0 spiro atoms. The Bertz CT molecular complexity index is 215. The molecule has 0 aromatic rings. The molecule has 108 valence electrons. The first-order valence-electron chi connectivity index (χ1n) is 7.40. The molecule has 1 saturated carbocycles. The van der Waals surface area contributed by atoms with Gasteiger partial charge in [-0.2, -0.15) is 0 Å². The minimum atomic E-state index is -0.0665. The van der Waals surface area contributed by atoms with E-state index < -0.39 is 0 Å². The van der Waals surface area contributed by atoms with E-state index in [9.17, 15) is 0 Å². The number of ether oxygens (including phenoxy) is 2. The lowest BCUT2D eigenvalue weighted by atomic mass is 9.94. The number of hydrogen-bond donors (Lipinski definition) is 1. The molecule has 1 rings (SSSR count). The van der Waals surface area contributed by atoms with Crippen molar-refractivity contribution in [1.82, 2.24) is 5.32 Å². The maximum atomic E-state index is 6.20. The Hall–Kier alpha value is -0.120. The second-order valence-corrected chi connectivity index (χ2v) is 6.44. The highest BCUT2D eigenvalue weighted by molar-refractivity contribution is 4.85. The Balaban J connectivity index is 2.36. The maximum absolute atomic E-state index is 6.20. The van der Waals surface area contributed by atoms with Crippen LogP contribution < -0.4 is 5.32 Å². The summed E-state index contributed by atoms with van der Waals surface area (Å²) in [7, 11) is 2.02. The lowest BCUT2D eigenvalue weighted by Crippen LogP contribution is -2.42. The first-order valence-corrected chi connectivity index (χ1v) is 7.40. The Kier molecular flexibility index (Phi) is 6.61. The summed E-state index contributed by atoms with van der Waals surface area (Å²) in [6.07, 6.45) is 7.66. The Morgan fingerprint density at radius 2 is 1.61 bits per heavy atom. The molecule has 18 heavy (non-hydrogen) atoms. The monoisotopic (exact) mass is 257 g/mol. The SMILES string of the molecule is CNCC1(OCCOC(C)(C)C)CCCCCC1. The predicted molar refractivity (Wildman–Crippen MR) is 76.0 cm³/mol. The third-order valence-electron chi connectivity index (χ3n) is 3.54. The van der Waals surface area contributed by atoms with E-state index in [1.807, 2.05) is 7.05 Å². The van der Waals surface area contributed by atoms with Gasteiger partial charge in [-0.1, -0.05) is 25.7 Å². The van der Waals surface area contributed by atoms with Crippen LogP contribution >= 0.6 is 0 Å². The highest BCUT2D eigenvalue weighted by atomic mass is 16.5. The fraction of sp³-hybridized carbons (Fsp3) is 1.00. The van der Waals surface area contributed by atoms with Crippen molar-refractivity contribution >= 4 is 0 Å². The topological polar surface area (TPSA) is 30.5 Å². The molecule has 0 aliphatic heterocycles. The molecule has 0 saturated heterocycles. The molecule has 0 aromatic carbocycles. The van der Waals surface area contributed by atoms with Crippen molar-refractivity contribution in [1.29, 1.82) is 0 Å². The van der Waals surface area contributed by atoms with Crippen LogP contribution in [0.3, 0.4) is 0 Å². The molecule has 0 atom stereocenters. The molecule has 0 radical (unpaired) electrons. The van der Waals surface area contributed by atoms with Gasteiger partial charge in [-0.15, -0.1) is 0 Å². The average molecular weight is 257 g/mol. The van der Waals surface area contributed by atoms with E-state index in [-0.39, 0.29) is 11.2 Å². The zero-order chi connectivity index (χ0) is 13.5. The van der Waals surface area contributed by atoms with Crippen molar-refractivity contribution < 1.29 is 9.47 Å². The Morgan fingerprint density at radius 1 is 1.00 bits per heavy atom. The van der Waals surface area contributed by atoms with Crippen molar-refractivity contribution in [2.45, 2.75) is 70.5 Å². The zero-order valence-corrected chi connectivity index (χ0v) is 12.7. The van der Waals surface area contributed by atoms with Gasteiger partial charge >= 0.3 is 0 Å². The second kappa shape index (κ2) is 7.46. The van der Waals surface area contributed by atoms with Crippen molar-refractivity contribution in [3.8, 4) is 0 Å². The van der Waals surface area contributed by atoms with Crippen LogP contribution in [0.15, 0.2) is 0 Å². The van der Waals surface area contributed by atoms with Gasteiger partial charge in [0.1, 0.15) is 0 Å². The van der Waals surface area contributed by atoms with Crippen molar-refractivity contribution in [2.75, 3.05) is 26.8 Å². The van der Waals surface area contributed by atoms with Crippen LogP contribution in [-0.4, -0.2) is 38.0 Å². The van der Waals surface area contributed by atoms with Crippen molar-refractivity contribution in [3.05, 3.63) is 0 Å². The van der Waals surface area contributed by atoms with E-state index >= 15 is 0 Å². The third-order valence-corrected chi connectivity index (χ3v) is 3.54. The fourth-order valence-electron chi connectivity index (χ4n) is 2.67.